The van der Waals surface area contributed by atoms with Gasteiger partial charge in [-0.15, -0.1) is 0 Å². The molecule has 0 bridgehead atoms. The normalized spacial score (nSPS) is 9.74. The molecule has 0 spiro atoms. The second-order valence-electron chi connectivity index (χ2n) is 4.43. The summed E-state index contributed by atoms with van der Waals surface area (Å²) < 4.78 is 25.1. The molecule has 0 aliphatic carbocycles. The van der Waals surface area contributed by atoms with Crippen molar-refractivity contribution >= 4 is 0 Å². The molecule has 0 saturated heterocycles. The van der Waals surface area contributed by atoms with E-state index in [1.807, 2.05) is 32.9 Å². The predicted molar refractivity (Wildman–Crippen MR) is 76.3 cm³/mol. The van der Waals surface area contributed by atoms with Crippen LogP contribution in [0.25, 0.3) is 0 Å². The molecule has 0 unspecified atom stereocenters. The summed E-state index contributed by atoms with van der Waals surface area (Å²) in [7, 11) is 0. The molecule has 2 heteroatoms. The molecule has 2 rings (SSSR count). The number of hydrogen-bond donors (Lipinski definition) is 0. The maximum atomic E-state index is 12.9. The van der Waals surface area contributed by atoms with Crippen molar-refractivity contribution < 1.29 is 8.78 Å². The van der Waals surface area contributed by atoms with Gasteiger partial charge in [-0.1, -0.05) is 38.1 Å². The van der Waals surface area contributed by atoms with Gasteiger partial charge in [0.15, 0.2) is 0 Å². The summed E-state index contributed by atoms with van der Waals surface area (Å²) in [5.41, 5.74) is 2.96. The number of benzene rings is 2. The Morgan fingerprint density at radius 2 is 1.47 bits per heavy atom. The Morgan fingerprint density at radius 3 is 1.95 bits per heavy atom. The van der Waals surface area contributed by atoms with Gasteiger partial charge in [-0.25, -0.2) is 8.78 Å². The van der Waals surface area contributed by atoms with Crippen molar-refractivity contribution in [2.45, 2.75) is 33.6 Å². The summed E-state index contributed by atoms with van der Waals surface area (Å²) in [6, 6.07) is 11.9. The minimum Gasteiger partial charge on any atom is -0.207 e. The van der Waals surface area contributed by atoms with Crippen molar-refractivity contribution in [2.24, 2.45) is 0 Å². The number of aryl methyl sites for hydroxylation is 3. The van der Waals surface area contributed by atoms with Gasteiger partial charge in [0.1, 0.15) is 11.6 Å². The monoisotopic (exact) mass is 262 g/mol. The van der Waals surface area contributed by atoms with Crippen LogP contribution in [-0.4, -0.2) is 0 Å². The minimum atomic E-state index is -0.160. The fraction of sp³-hybridized carbons (Fsp3) is 0.294. The van der Waals surface area contributed by atoms with Crippen LogP contribution in [0.1, 0.15) is 30.5 Å². The van der Waals surface area contributed by atoms with Gasteiger partial charge in [0, 0.05) is 0 Å². The summed E-state index contributed by atoms with van der Waals surface area (Å²) in [5, 5.41) is 0. The molecule has 0 amide bonds. The molecule has 0 fully saturated rings. The van der Waals surface area contributed by atoms with Gasteiger partial charge in [-0.2, -0.15) is 0 Å². The minimum absolute atomic E-state index is 0.0810. The average Bonchev–Trinajstić information content (AvgIpc) is 2.40. The van der Waals surface area contributed by atoms with E-state index < -0.39 is 0 Å². The maximum absolute atomic E-state index is 12.9. The quantitative estimate of drug-likeness (QED) is 0.707. The van der Waals surface area contributed by atoms with E-state index in [0.29, 0.717) is 0 Å². The van der Waals surface area contributed by atoms with Crippen molar-refractivity contribution in [2.75, 3.05) is 0 Å². The summed E-state index contributed by atoms with van der Waals surface area (Å²) in [6.45, 7) is 5.89. The lowest BCUT2D eigenvalue weighted by Crippen LogP contribution is -1.86. The molecule has 2 aromatic rings. The zero-order valence-electron chi connectivity index (χ0n) is 11.7. The van der Waals surface area contributed by atoms with Gasteiger partial charge in [0.25, 0.3) is 0 Å². The Kier molecular flexibility index (Phi) is 6.20. The molecular formula is C17H20F2. The van der Waals surface area contributed by atoms with Gasteiger partial charge < -0.3 is 0 Å². The summed E-state index contributed by atoms with van der Waals surface area (Å²) in [5.74, 6) is -0.241. The van der Waals surface area contributed by atoms with E-state index in [1.165, 1.54) is 17.7 Å². The molecule has 2 aromatic carbocycles. The van der Waals surface area contributed by atoms with Crippen molar-refractivity contribution in [3.63, 3.8) is 0 Å². The summed E-state index contributed by atoms with van der Waals surface area (Å²) in [6.07, 6.45) is 1.74. The number of hydrogen-bond acceptors (Lipinski definition) is 0. The molecule has 0 radical (unpaired) electrons. The molecule has 0 heterocycles. The molecule has 0 saturated carbocycles. The van der Waals surface area contributed by atoms with Crippen molar-refractivity contribution in [1.82, 2.24) is 0 Å². The zero-order chi connectivity index (χ0) is 14.3. The highest BCUT2D eigenvalue weighted by Crippen LogP contribution is 2.09. The van der Waals surface area contributed by atoms with Crippen molar-refractivity contribution in [3.8, 4) is 0 Å². The summed E-state index contributed by atoms with van der Waals surface area (Å²) in [4.78, 5) is 0. The van der Waals surface area contributed by atoms with Crippen molar-refractivity contribution in [1.29, 1.82) is 0 Å². The lowest BCUT2D eigenvalue weighted by molar-refractivity contribution is 0.611. The highest BCUT2D eigenvalue weighted by molar-refractivity contribution is 5.23. The van der Waals surface area contributed by atoms with Gasteiger partial charge in [-0.05, 0) is 54.7 Å². The lowest BCUT2D eigenvalue weighted by atomic mass is 10.1. The largest absolute Gasteiger partial charge is 0.207 e. The molecule has 0 aliphatic heterocycles. The van der Waals surface area contributed by atoms with Gasteiger partial charge >= 0.3 is 0 Å². The Balaban J connectivity index is 0.000000191. The van der Waals surface area contributed by atoms with Crippen LogP contribution < -0.4 is 0 Å². The average molecular weight is 262 g/mol. The fourth-order valence-electron chi connectivity index (χ4n) is 1.66. The molecule has 102 valence electrons. The zero-order valence-corrected chi connectivity index (χ0v) is 11.7. The van der Waals surface area contributed by atoms with Crippen LogP contribution in [0.15, 0.2) is 42.5 Å². The van der Waals surface area contributed by atoms with E-state index in [2.05, 4.69) is 0 Å². The van der Waals surface area contributed by atoms with E-state index >= 15 is 0 Å². The molecule has 0 atom stereocenters. The highest BCUT2D eigenvalue weighted by atomic mass is 19.1. The number of rotatable bonds is 2. The van der Waals surface area contributed by atoms with E-state index in [0.717, 1.165) is 24.0 Å². The van der Waals surface area contributed by atoms with Crippen LogP contribution in [-0.2, 0) is 12.8 Å². The summed E-state index contributed by atoms with van der Waals surface area (Å²) >= 11 is 0. The van der Waals surface area contributed by atoms with Crippen LogP contribution >= 0.6 is 0 Å². The van der Waals surface area contributed by atoms with Gasteiger partial charge in [0.05, 0.1) is 0 Å². The van der Waals surface area contributed by atoms with Crippen LogP contribution in [0.4, 0.5) is 8.78 Å². The first-order valence-corrected chi connectivity index (χ1v) is 6.56. The number of halogens is 2. The molecule has 0 aromatic heterocycles. The van der Waals surface area contributed by atoms with Crippen LogP contribution in [0.5, 0.6) is 0 Å². The second kappa shape index (κ2) is 7.67. The van der Waals surface area contributed by atoms with E-state index in [-0.39, 0.29) is 11.6 Å². The Morgan fingerprint density at radius 1 is 0.842 bits per heavy atom. The Labute approximate surface area is 114 Å². The van der Waals surface area contributed by atoms with Gasteiger partial charge in [0.2, 0.25) is 0 Å². The first-order chi connectivity index (χ1) is 9.06. The third-order valence-electron chi connectivity index (χ3n) is 2.91. The lowest BCUT2D eigenvalue weighted by Gasteiger charge is -1.98. The molecular weight excluding hydrogens is 242 g/mol. The van der Waals surface area contributed by atoms with E-state index in [1.54, 1.807) is 18.2 Å². The van der Waals surface area contributed by atoms with Crippen LogP contribution in [0.3, 0.4) is 0 Å². The predicted octanol–water partition coefficient (Wildman–Crippen LogP) is 5.08. The molecule has 0 nitrogen and oxygen atoms in total. The highest BCUT2D eigenvalue weighted by Gasteiger charge is 1.97. The van der Waals surface area contributed by atoms with Crippen LogP contribution in [0, 0.1) is 18.6 Å². The standard InChI is InChI=1S/C9H11F.C8H9F/c1-3-8-5-4-7(2)6-9(8)10;1-2-7-3-5-8(9)6-4-7/h4-6H,3H2,1-2H3;3-6H,2H2,1H3. The van der Waals surface area contributed by atoms with Crippen molar-refractivity contribution in [3.05, 3.63) is 70.8 Å². The van der Waals surface area contributed by atoms with Gasteiger partial charge in [-0.3, -0.25) is 0 Å². The smallest absolute Gasteiger partial charge is 0.126 e. The molecule has 0 N–H and O–H groups in total. The third-order valence-corrected chi connectivity index (χ3v) is 2.91. The topological polar surface area (TPSA) is 0 Å². The van der Waals surface area contributed by atoms with E-state index in [9.17, 15) is 8.78 Å². The van der Waals surface area contributed by atoms with E-state index in [4.69, 9.17) is 0 Å². The Bertz CT molecular complexity index is 501. The first kappa shape index (κ1) is 15.4. The SMILES string of the molecule is CCc1ccc(C)cc1F.CCc1ccc(F)cc1. The fourth-order valence-corrected chi connectivity index (χ4v) is 1.66. The molecule has 19 heavy (non-hydrogen) atoms. The second-order valence-corrected chi connectivity index (χ2v) is 4.43. The third kappa shape index (κ3) is 5.21. The van der Waals surface area contributed by atoms with Crippen LogP contribution in [0.2, 0.25) is 0 Å². The maximum Gasteiger partial charge on any atom is 0.126 e. The molecule has 0 aliphatic rings. The first-order valence-electron chi connectivity index (χ1n) is 6.56. The Hall–Kier alpha value is -1.70.